The molecule has 0 radical (unpaired) electrons. The Hall–Kier alpha value is -1.01. The van der Waals surface area contributed by atoms with Crippen LogP contribution in [0.4, 0.5) is 0 Å². The quantitative estimate of drug-likeness (QED) is 0.670. The predicted molar refractivity (Wildman–Crippen MR) is 85.2 cm³/mol. The van der Waals surface area contributed by atoms with Crippen molar-refractivity contribution in [3.05, 3.63) is 29.6 Å². The van der Waals surface area contributed by atoms with E-state index in [2.05, 4.69) is 45.0 Å². The van der Waals surface area contributed by atoms with E-state index in [0.29, 0.717) is 13.2 Å². The van der Waals surface area contributed by atoms with Crippen molar-refractivity contribution >= 4 is 0 Å². The molecule has 1 fully saturated rings. The van der Waals surface area contributed by atoms with Crippen molar-refractivity contribution in [3.8, 4) is 0 Å². The van der Waals surface area contributed by atoms with Gasteiger partial charge in [-0.2, -0.15) is 5.06 Å². The molecule has 0 saturated carbocycles. The minimum absolute atomic E-state index is 0.0575. The SMILES string of the molecule is C[n+]1cc(CON)cc(CON2C(C)(C)CCCC2(C)C)c1. The maximum atomic E-state index is 6.24. The molecule has 1 aliphatic rings. The first kappa shape index (κ1) is 17.3. The van der Waals surface area contributed by atoms with E-state index in [0.717, 1.165) is 24.0 Å². The lowest BCUT2D eigenvalue weighted by molar-refractivity contribution is -0.672. The first-order valence-electron chi connectivity index (χ1n) is 7.98. The molecule has 124 valence electrons. The fourth-order valence-corrected chi connectivity index (χ4v) is 3.59. The average molecular weight is 308 g/mol. The predicted octanol–water partition coefficient (Wildman–Crippen LogP) is 2.38. The summed E-state index contributed by atoms with van der Waals surface area (Å²) in [6, 6.07) is 2.08. The largest absolute Gasteiger partial charge is 0.300 e. The summed E-state index contributed by atoms with van der Waals surface area (Å²) < 4.78 is 2.01. The van der Waals surface area contributed by atoms with Crippen LogP contribution in [-0.4, -0.2) is 16.1 Å². The Labute approximate surface area is 133 Å². The summed E-state index contributed by atoms with van der Waals surface area (Å²) in [5, 5.41) is 2.19. The normalized spacial score (nSPS) is 21.0. The van der Waals surface area contributed by atoms with Crippen molar-refractivity contribution < 1.29 is 14.2 Å². The summed E-state index contributed by atoms with van der Waals surface area (Å²) >= 11 is 0. The monoisotopic (exact) mass is 308 g/mol. The highest BCUT2D eigenvalue weighted by atomic mass is 16.7. The number of hydrogen-bond donors (Lipinski definition) is 1. The van der Waals surface area contributed by atoms with E-state index >= 15 is 0 Å². The Morgan fingerprint density at radius 3 is 2.18 bits per heavy atom. The van der Waals surface area contributed by atoms with Gasteiger partial charge in [0, 0.05) is 22.2 Å². The van der Waals surface area contributed by atoms with Crippen LogP contribution in [0.25, 0.3) is 0 Å². The van der Waals surface area contributed by atoms with E-state index in [-0.39, 0.29) is 11.1 Å². The van der Waals surface area contributed by atoms with Crippen molar-refractivity contribution in [2.45, 2.75) is 71.2 Å². The summed E-state index contributed by atoms with van der Waals surface area (Å²) in [7, 11) is 2.00. The van der Waals surface area contributed by atoms with E-state index in [9.17, 15) is 0 Å². The van der Waals surface area contributed by atoms with Gasteiger partial charge in [-0.3, -0.25) is 9.68 Å². The Balaban J connectivity index is 2.11. The number of aromatic nitrogens is 1. The van der Waals surface area contributed by atoms with Gasteiger partial charge in [-0.15, -0.1) is 0 Å². The van der Waals surface area contributed by atoms with Gasteiger partial charge < -0.3 is 0 Å². The van der Waals surface area contributed by atoms with E-state index in [1.165, 1.54) is 6.42 Å². The number of pyridine rings is 1. The summed E-state index contributed by atoms with van der Waals surface area (Å²) in [4.78, 5) is 11.0. The molecule has 5 heteroatoms. The second-order valence-corrected chi connectivity index (χ2v) is 7.58. The first-order valence-corrected chi connectivity index (χ1v) is 7.98. The molecule has 0 aromatic carbocycles. The Morgan fingerprint density at radius 1 is 1.09 bits per heavy atom. The van der Waals surface area contributed by atoms with E-state index in [1.807, 2.05) is 17.8 Å². The van der Waals surface area contributed by atoms with Gasteiger partial charge in [0.15, 0.2) is 12.4 Å². The highest BCUT2D eigenvalue weighted by molar-refractivity contribution is 5.13. The zero-order valence-corrected chi connectivity index (χ0v) is 14.6. The van der Waals surface area contributed by atoms with Gasteiger partial charge in [0.1, 0.15) is 7.05 Å². The molecule has 22 heavy (non-hydrogen) atoms. The molecule has 0 unspecified atom stereocenters. The van der Waals surface area contributed by atoms with Crippen molar-refractivity contribution in [2.75, 3.05) is 0 Å². The van der Waals surface area contributed by atoms with Crippen LogP contribution in [0.5, 0.6) is 0 Å². The van der Waals surface area contributed by atoms with Gasteiger partial charge >= 0.3 is 0 Å². The van der Waals surface area contributed by atoms with Crippen LogP contribution in [-0.2, 0) is 29.9 Å². The molecule has 2 heterocycles. The topological polar surface area (TPSA) is 51.6 Å². The second kappa shape index (κ2) is 6.62. The molecule has 5 nitrogen and oxygen atoms in total. The van der Waals surface area contributed by atoms with Crippen LogP contribution >= 0.6 is 0 Å². The van der Waals surface area contributed by atoms with E-state index < -0.39 is 0 Å². The Bertz CT molecular complexity index is 499. The molecule has 1 aliphatic heterocycles. The standard InChI is InChI=1S/C17H30N3O2/c1-16(2)7-6-8-17(3,4)20(16)22-13-15-9-14(12-21-18)10-19(5)11-15/h9-11H,6-8,12-13,18H2,1-5H3/q+1. The summed E-state index contributed by atoms with van der Waals surface area (Å²) in [6.45, 7) is 9.99. The highest BCUT2D eigenvalue weighted by Crippen LogP contribution is 2.38. The molecular formula is C17H30N3O2+. The van der Waals surface area contributed by atoms with Crippen molar-refractivity contribution in [1.29, 1.82) is 0 Å². The van der Waals surface area contributed by atoms with Gasteiger partial charge in [-0.05, 0) is 53.0 Å². The van der Waals surface area contributed by atoms with Gasteiger partial charge in [0.05, 0.1) is 13.2 Å². The first-order chi connectivity index (χ1) is 10.2. The van der Waals surface area contributed by atoms with Crippen LogP contribution < -0.4 is 10.5 Å². The molecule has 2 N–H and O–H groups in total. The average Bonchev–Trinajstić information content (AvgIpc) is 2.36. The number of rotatable bonds is 5. The summed E-state index contributed by atoms with van der Waals surface area (Å²) in [5.74, 6) is 5.17. The van der Waals surface area contributed by atoms with Crippen molar-refractivity contribution in [2.24, 2.45) is 12.9 Å². The van der Waals surface area contributed by atoms with Gasteiger partial charge in [-0.25, -0.2) is 10.5 Å². The minimum Gasteiger partial charge on any atom is -0.300 e. The molecule has 0 aliphatic carbocycles. The highest BCUT2D eigenvalue weighted by Gasteiger charge is 2.42. The molecule has 0 atom stereocenters. The summed E-state index contributed by atoms with van der Waals surface area (Å²) in [5.41, 5.74) is 2.28. The maximum Gasteiger partial charge on any atom is 0.174 e. The Kier molecular flexibility index (Phi) is 5.22. The van der Waals surface area contributed by atoms with Gasteiger partial charge in [0.2, 0.25) is 0 Å². The van der Waals surface area contributed by atoms with Crippen molar-refractivity contribution in [3.63, 3.8) is 0 Å². The van der Waals surface area contributed by atoms with Gasteiger partial charge in [0.25, 0.3) is 0 Å². The molecule has 0 amide bonds. The van der Waals surface area contributed by atoms with Crippen LogP contribution in [0, 0.1) is 0 Å². The molecule has 2 rings (SSSR count). The minimum atomic E-state index is 0.0575. The molecule has 1 aromatic heterocycles. The third kappa shape index (κ3) is 4.04. The molecule has 1 saturated heterocycles. The second-order valence-electron chi connectivity index (χ2n) is 7.58. The summed E-state index contributed by atoms with van der Waals surface area (Å²) in [6.07, 6.45) is 7.64. The van der Waals surface area contributed by atoms with Crippen molar-refractivity contribution in [1.82, 2.24) is 5.06 Å². The van der Waals surface area contributed by atoms with Gasteiger partial charge in [-0.1, -0.05) is 0 Å². The zero-order chi connectivity index (χ0) is 16.4. The van der Waals surface area contributed by atoms with Crippen LogP contribution in [0.15, 0.2) is 18.5 Å². The van der Waals surface area contributed by atoms with Crippen LogP contribution in [0.3, 0.4) is 0 Å². The number of hydrogen-bond acceptors (Lipinski definition) is 4. The molecule has 0 bridgehead atoms. The fourth-order valence-electron chi connectivity index (χ4n) is 3.59. The van der Waals surface area contributed by atoms with Crippen LogP contribution in [0.2, 0.25) is 0 Å². The lowest BCUT2D eigenvalue weighted by atomic mass is 9.82. The lowest BCUT2D eigenvalue weighted by Gasteiger charge is -2.51. The molecule has 0 spiro atoms. The van der Waals surface area contributed by atoms with E-state index in [1.54, 1.807) is 0 Å². The third-order valence-electron chi connectivity index (χ3n) is 4.40. The van der Waals surface area contributed by atoms with Crippen LogP contribution in [0.1, 0.15) is 58.1 Å². The number of piperidine rings is 1. The van der Waals surface area contributed by atoms with E-state index in [4.69, 9.17) is 15.6 Å². The maximum absolute atomic E-state index is 6.24. The Morgan fingerprint density at radius 2 is 1.64 bits per heavy atom. The number of nitrogens with two attached hydrogens (primary N) is 1. The number of aryl methyl sites for hydroxylation is 1. The smallest absolute Gasteiger partial charge is 0.174 e. The fraction of sp³-hybridized carbons (Fsp3) is 0.706. The zero-order valence-electron chi connectivity index (χ0n) is 14.6. The molecular weight excluding hydrogens is 278 g/mol. The third-order valence-corrected chi connectivity index (χ3v) is 4.40. The molecule has 1 aromatic rings. The lowest BCUT2D eigenvalue weighted by Crippen LogP contribution is -2.58. The number of hydroxylamine groups is 2. The number of nitrogens with zero attached hydrogens (tertiary/aromatic N) is 2.